The summed E-state index contributed by atoms with van der Waals surface area (Å²) in [6, 6.07) is 0. The number of aliphatic hydroxyl groups is 2. The molecule has 0 spiro atoms. The monoisotopic (exact) mass is 119 g/mol. The lowest BCUT2D eigenvalue weighted by atomic mass is 10.8. The largest absolute Gasteiger partial charge is 0.370 e. The molecule has 0 saturated heterocycles. The molecule has 0 aliphatic carbocycles. The second kappa shape index (κ2) is 1.94. The fourth-order valence-corrected chi connectivity index (χ4v) is 0. The molecule has 0 heterocycles. The van der Waals surface area contributed by atoms with Crippen molar-refractivity contribution in [1.29, 1.82) is 0 Å². The topological polar surface area (TPSA) is 40.5 Å². The van der Waals surface area contributed by atoms with E-state index in [1.165, 1.54) is 6.92 Å². The predicted octanol–water partition coefficient (Wildman–Crippen LogP) is -0.0192. The summed E-state index contributed by atoms with van der Waals surface area (Å²) in [7, 11) is -0.939. The van der Waals surface area contributed by atoms with Crippen LogP contribution in [0.1, 0.15) is 6.92 Å². The van der Waals surface area contributed by atoms with Crippen LogP contribution < -0.4 is 0 Å². The predicted molar refractivity (Wildman–Crippen MR) is 30.3 cm³/mol. The third kappa shape index (κ3) is 2.79. The molecule has 0 amide bonds. The Hall–Kier alpha value is 0.137. The standard InChI is InChI=1S/C4H11O2Si/c1-4(5,6)7(2)3/h5-6H,1-3H3. The van der Waals surface area contributed by atoms with E-state index in [0.717, 1.165) is 0 Å². The van der Waals surface area contributed by atoms with Gasteiger partial charge in [-0.1, -0.05) is 13.1 Å². The molecule has 0 aliphatic rings. The van der Waals surface area contributed by atoms with Gasteiger partial charge in [0.2, 0.25) is 0 Å². The van der Waals surface area contributed by atoms with E-state index in [1.54, 1.807) is 0 Å². The number of rotatable bonds is 1. The summed E-state index contributed by atoms with van der Waals surface area (Å²) in [6.07, 6.45) is 0. The molecule has 0 unspecified atom stereocenters. The van der Waals surface area contributed by atoms with Crippen molar-refractivity contribution in [3.05, 3.63) is 0 Å². The molecule has 0 aromatic carbocycles. The number of hydrogen-bond acceptors (Lipinski definition) is 2. The zero-order valence-electron chi connectivity index (χ0n) is 4.89. The first kappa shape index (κ1) is 7.14. The quantitative estimate of drug-likeness (QED) is 0.376. The summed E-state index contributed by atoms with van der Waals surface area (Å²) in [5.41, 5.74) is -1.40. The molecule has 43 valence electrons. The Morgan fingerprint density at radius 1 is 1.29 bits per heavy atom. The summed E-state index contributed by atoms with van der Waals surface area (Å²) in [4.78, 5) is 0. The van der Waals surface area contributed by atoms with Gasteiger partial charge in [0.05, 0.1) is 0 Å². The molecular weight excluding hydrogens is 108 g/mol. The van der Waals surface area contributed by atoms with E-state index in [9.17, 15) is 0 Å². The molecule has 0 saturated carbocycles. The van der Waals surface area contributed by atoms with Gasteiger partial charge in [0, 0.05) is 0 Å². The maximum Gasteiger partial charge on any atom is 0.140 e. The maximum atomic E-state index is 8.70. The minimum atomic E-state index is -1.40. The van der Waals surface area contributed by atoms with Crippen molar-refractivity contribution < 1.29 is 10.2 Å². The second-order valence-electron chi connectivity index (χ2n) is 2.02. The van der Waals surface area contributed by atoms with Crippen LogP contribution in [-0.2, 0) is 0 Å². The smallest absolute Gasteiger partial charge is 0.140 e. The third-order valence-corrected chi connectivity index (χ3v) is 2.84. The van der Waals surface area contributed by atoms with E-state index in [-0.39, 0.29) is 0 Å². The van der Waals surface area contributed by atoms with E-state index >= 15 is 0 Å². The van der Waals surface area contributed by atoms with Gasteiger partial charge < -0.3 is 10.2 Å². The second-order valence-corrected chi connectivity index (χ2v) is 4.97. The lowest BCUT2D eigenvalue weighted by molar-refractivity contribution is -0.0745. The van der Waals surface area contributed by atoms with Crippen LogP contribution in [0.5, 0.6) is 0 Å². The molecule has 0 aliphatic heterocycles. The molecule has 7 heavy (non-hydrogen) atoms. The van der Waals surface area contributed by atoms with Gasteiger partial charge in [0.25, 0.3) is 0 Å². The van der Waals surface area contributed by atoms with E-state index in [1.807, 2.05) is 13.1 Å². The van der Waals surface area contributed by atoms with Crippen molar-refractivity contribution in [2.45, 2.75) is 25.4 Å². The summed E-state index contributed by atoms with van der Waals surface area (Å²) in [5, 5.41) is 17.4. The zero-order valence-corrected chi connectivity index (χ0v) is 5.89. The Labute approximate surface area is 45.4 Å². The van der Waals surface area contributed by atoms with Gasteiger partial charge in [-0.25, -0.2) is 0 Å². The van der Waals surface area contributed by atoms with Gasteiger partial charge in [0.15, 0.2) is 0 Å². The van der Waals surface area contributed by atoms with Crippen molar-refractivity contribution in [2.24, 2.45) is 0 Å². The summed E-state index contributed by atoms with van der Waals surface area (Å²) >= 11 is 0. The Morgan fingerprint density at radius 3 is 1.43 bits per heavy atom. The molecule has 0 atom stereocenters. The van der Waals surface area contributed by atoms with E-state index < -0.39 is 14.2 Å². The van der Waals surface area contributed by atoms with Crippen LogP contribution in [0.2, 0.25) is 13.1 Å². The van der Waals surface area contributed by atoms with Crippen LogP contribution in [0, 0.1) is 0 Å². The lowest BCUT2D eigenvalue weighted by Crippen LogP contribution is -2.38. The van der Waals surface area contributed by atoms with Gasteiger partial charge in [-0.2, -0.15) is 0 Å². The Balaban J connectivity index is 3.54. The fourth-order valence-electron chi connectivity index (χ4n) is 0. The average Bonchev–Trinajstić information content (AvgIpc) is 1.31. The van der Waals surface area contributed by atoms with E-state index in [0.29, 0.717) is 0 Å². The average molecular weight is 119 g/mol. The normalized spacial score (nSPS) is 12.9. The van der Waals surface area contributed by atoms with Crippen molar-refractivity contribution in [2.75, 3.05) is 0 Å². The molecule has 0 aromatic rings. The SMILES string of the molecule is C[Si](C)C(C)(O)O. The van der Waals surface area contributed by atoms with Gasteiger partial charge in [-0.3, -0.25) is 0 Å². The summed E-state index contributed by atoms with van der Waals surface area (Å²) in [6.45, 7) is 5.12. The highest BCUT2D eigenvalue weighted by Crippen LogP contribution is 2.00. The Kier molecular flexibility index (Phi) is 1.98. The van der Waals surface area contributed by atoms with Crippen molar-refractivity contribution in [3.8, 4) is 0 Å². The van der Waals surface area contributed by atoms with Gasteiger partial charge in [-0.15, -0.1) is 0 Å². The molecule has 0 bridgehead atoms. The van der Waals surface area contributed by atoms with Crippen molar-refractivity contribution in [1.82, 2.24) is 0 Å². The van der Waals surface area contributed by atoms with Crippen molar-refractivity contribution >= 4 is 8.80 Å². The zero-order chi connectivity index (χ0) is 6.08. The van der Waals surface area contributed by atoms with Crippen LogP contribution in [0.25, 0.3) is 0 Å². The highest BCUT2D eigenvalue weighted by molar-refractivity contribution is 6.58. The Bertz CT molecular complexity index is 55.2. The first-order chi connectivity index (χ1) is 2.94. The highest BCUT2D eigenvalue weighted by Gasteiger charge is 2.20. The van der Waals surface area contributed by atoms with Crippen molar-refractivity contribution in [3.63, 3.8) is 0 Å². The fraction of sp³-hybridized carbons (Fsp3) is 1.00. The highest BCUT2D eigenvalue weighted by atomic mass is 28.3. The molecule has 0 fully saturated rings. The summed E-state index contributed by atoms with van der Waals surface area (Å²) in [5.74, 6) is 0. The van der Waals surface area contributed by atoms with Crippen LogP contribution in [0.3, 0.4) is 0 Å². The molecule has 2 N–H and O–H groups in total. The van der Waals surface area contributed by atoms with Crippen LogP contribution in [0.4, 0.5) is 0 Å². The number of hydrogen-bond donors (Lipinski definition) is 2. The third-order valence-electron chi connectivity index (χ3n) is 0.947. The minimum Gasteiger partial charge on any atom is -0.370 e. The molecule has 0 rings (SSSR count). The van der Waals surface area contributed by atoms with E-state index in [2.05, 4.69) is 0 Å². The molecule has 2 nitrogen and oxygen atoms in total. The molecule has 0 aromatic heterocycles. The van der Waals surface area contributed by atoms with Crippen LogP contribution in [0.15, 0.2) is 0 Å². The maximum absolute atomic E-state index is 8.70. The van der Waals surface area contributed by atoms with Crippen LogP contribution >= 0.6 is 0 Å². The van der Waals surface area contributed by atoms with Gasteiger partial charge in [-0.05, 0) is 6.92 Å². The first-order valence-corrected chi connectivity index (χ1v) is 4.70. The van der Waals surface area contributed by atoms with Gasteiger partial charge in [0.1, 0.15) is 14.2 Å². The molecular formula is C4H11O2Si. The first-order valence-electron chi connectivity index (χ1n) is 2.20. The molecule has 3 heteroatoms. The Morgan fingerprint density at radius 2 is 1.43 bits per heavy atom. The lowest BCUT2D eigenvalue weighted by Gasteiger charge is -2.17. The van der Waals surface area contributed by atoms with Gasteiger partial charge >= 0.3 is 0 Å². The van der Waals surface area contributed by atoms with E-state index in [4.69, 9.17) is 10.2 Å². The minimum absolute atomic E-state index is 0.939. The van der Waals surface area contributed by atoms with Crippen LogP contribution in [-0.4, -0.2) is 24.4 Å². The molecule has 1 radical (unpaired) electrons. The summed E-state index contributed by atoms with van der Waals surface area (Å²) < 4.78 is 0.